The second kappa shape index (κ2) is 9.99. The van der Waals surface area contributed by atoms with E-state index in [1.165, 1.54) is 5.56 Å². The van der Waals surface area contributed by atoms with Crippen molar-refractivity contribution in [3.05, 3.63) is 41.9 Å². The van der Waals surface area contributed by atoms with Gasteiger partial charge in [-0.25, -0.2) is 4.98 Å². The minimum absolute atomic E-state index is 0.0116. The third-order valence-corrected chi connectivity index (χ3v) is 3.97. The van der Waals surface area contributed by atoms with Gasteiger partial charge in [0.05, 0.1) is 6.20 Å². The fraction of sp³-hybridized carbons (Fsp3) is 0.500. The highest BCUT2D eigenvalue weighted by atomic mass is 16.5. The Morgan fingerprint density at radius 3 is 2.72 bits per heavy atom. The summed E-state index contributed by atoms with van der Waals surface area (Å²) in [4.78, 5) is 16.1. The minimum Gasteiger partial charge on any atom is -0.441 e. The van der Waals surface area contributed by atoms with Gasteiger partial charge in [-0.2, -0.15) is 0 Å². The quantitative estimate of drug-likeness (QED) is 0.663. The van der Waals surface area contributed by atoms with E-state index in [9.17, 15) is 4.79 Å². The maximum atomic E-state index is 11.8. The summed E-state index contributed by atoms with van der Waals surface area (Å²) in [7, 11) is 0. The Morgan fingerprint density at radius 1 is 1.28 bits per heavy atom. The number of rotatable bonds is 10. The first kappa shape index (κ1) is 19.2. The van der Waals surface area contributed by atoms with Crippen molar-refractivity contribution in [3.63, 3.8) is 0 Å². The number of benzene rings is 1. The number of carbonyl (C=O) groups is 1. The van der Waals surface area contributed by atoms with Crippen molar-refractivity contribution >= 4 is 5.91 Å². The van der Waals surface area contributed by atoms with Crippen molar-refractivity contribution in [1.29, 1.82) is 0 Å². The van der Waals surface area contributed by atoms with Crippen molar-refractivity contribution in [2.75, 3.05) is 19.8 Å². The third-order valence-electron chi connectivity index (χ3n) is 3.97. The van der Waals surface area contributed by atoms with Crippen molar-refractivity contribution in [2.45, 2.75) is 46.0 Å². The molecule has 0 saturated heterocycles. The summed E-state index contributed by atoms with van der Waals surface area (Å²) in [5.74, 6) is 1.85. The van der Waals surface area contributed by atoms with Gasteiger partial charge in [-0.15, -0.1) is 0 Å². The number of nitrogens with zero attached hydrogens (tertiary/aromatic N) is 1. The van der Waals surface area contributed by atoms with Crippen LogP contribution in [-0.4, -0.2) is 30.6 Å². The molecule has 0 saturated carbocycles. The van der Waals surface area contributed by atoms with E-state index in [-0.39, 0.29) is 5.91 Å². The van der Waals surface area contributed by atoms with Gasteiger partial charge in [0, 0.05) is 38.2 Å². The summed E-state index contributed by atoms with van der Waals surface area (Å²) in [5.41, 5.74) is 2.30. The van der Waals surface area contributed by atoms with Gasteiger partial charge in [-0.05, 0) is 24.8 Å². The average Bonchev–Trinajstić information content (AvgIpc) is 3.09. The van der Waals surface area contributed by atoms with Crippen molar-refractivity contribution < 1.29 is 13.9 Å². The lowest BCUT2D eigenvalue weighted by molar-refractivity contribution is -0.121. The molecule has 25 heavy (non-hydrogen) atoms. The van der Waals surface area contributed by atoms with Crippen LogP contribution < -0.4 is 5.32 Å². The number of hydrogen-bond donors (Lipinski definition) is 1. The highest BCUT2D eigenvalue weighted by molar-refractivity contribution is 5.76. The van der Waals surface area contributed by atoms with E-state index in [4.69, 9.17) is 9.15 Å². The van der Waals surface area contributed by atoms with E-state index in [1.54, 1.807) is 6.20 Å². The molecule has 1 aromatic carbocycles. The maximum absolute atomic E-state index is 11.8. The normalized spacial score (nSPS) is 11.0. The number of ether oxygens (including phenoxy) is 1. The Hall–Kier alpha value is -2.14. The molecule has 0 spiro atoms. The van der Waals surface area contributed by atoms with E-state index in [1.807, 2.05) is 19.1 Å². The largest absolute Gasteiger partial charge is 0.441 e. The first-order valence-corrected chi connectivity index (χ1v) is 8.99. The van der Waals surface area contributed by atoms with E-state index < -0.39 is 0 Å². The molecule has 1 N–H and O–H groups in total. The molecular formula is C20H28N2O3. The van der Waals surface area contributed by atoms with E-state index >= 15 is 0 Å². The van der Waals surface area contributed by atoms with E-state index in [2.05, 4.69) is 36.3 Å². The van der Waals surface area contributed by atoms with Gasteiger partial charge < -0.3 is 14.5 Å². The molecule has 2 rings (SSSR count). The molecule has 0 aliphatic heterocycles. The van der Waals surface area contributed by atoms with Crippen LogP contribution in [0.3, 0.4) is 0 Å². The fourth-order valence-corrected chi connectivity index (χ4v) is 2.45. The molecule has 1 aromatic heterocycles. The number of aromatic nitrogens is 1. The first-order valence-electron chi connectivity index (χ1n) is 8.99. The Labute approximate surface area is 149 Å². The summed E-state index contributed by atoms with van der Waals surface area (Å²) >= 11 is 0. The maximum Gasteiger partial charge on any atom is 0.220 e. The topological polar surface area (TPSA) is 64.4 Å². The van der Waals surface area contributed by atoms with Gasteiger partial charge in [-0.3, -0.25) is 4.79 Å². The molecule has 0 fully saturated rings. The second-order valence-electron chi connectivity index (χ2n) is 6.30. The minimum atomic E-state index is 0.0116. The Morgan fingerprint density at radius 2 is 2.04 bits per heavy atom. The molecule has 0 aliphatic rings. The standard InChI is InChI=1S/C20H28N2O3/c1-4-24-13-5-12-21-19(23)10-11-20-22-14-18(25-20)17-8-6-16(7-9-17)15(2)3/h6-9,14-15H,4-5,10-13H2,1-3H3,(H,21,23). The first-order chi connectivity index (χ1) is 12.1. The van der Waals surface area contributed by atoms with Crippen LogP contribution >= 0.6 is 0 Å². The predicted molar refractivity (Wildman–Crippen MR) is 98.5 cm³/mol. The molecule has 5 nitrogen and oxygen atoms in total. The summed E-state index contributed by atoms with van der Waals surface area (Å²) < 4.78 is 11.0. The molecule has 2 aromatic rings. The number of nitrogens with one attached hydrogen (secondary N) is 1. The lowest BCUT2D eigenvalue weighted by Gasteiger charge is -2.05. The summed E-state index contributed by atoms with van der Waals surface area (Å²) in [6.07, 6.45) is 3.43. The van der Waals surface area contributed by atoms with Gasteiger partial charge in [0.2, 0.25) is 5.91 Å². The average molecular weight is 344 g/mol. The smallest absolute Gasteiger partial charge is 0.220 e. The fourth-order valence-electron chi connectivity index (χ4n) is 2.45. The molecular weight excluding hydrogens is 316 g/mol. The molecule has 5 heteroatoms. The Kier molecular flexibility index (Phi) is 7.67. The molecule has 1 amide bonds. The SMILES string of the molecule is CCOCCCNC(=O)CCc1ncc(-c2ccc(C(C)C)cc2)o1. The lowest BCUT2D eigenvalue weighted by atomic mass is 10.0. The highest BCUT2D eigenvalue weighted by Crippen LogP contribution is 2.23. The van der Waals surface area contributed by atoms with E-state index in [0.717, 1.165) is 17.7 Å². The van der Waals surface area contributed by atoms with Crippen LogP contribution in [0.1, 0.15) is 51.0 Å². The van der Waals surface area contributed by atoms with Crippen LogP contribution in [0.25, 0.3) is 11.3 Å². The molecule has 0 aliphatic carbocycles. The van der Waals surface area contributed by atoms with Gasteiger partial charge in [0.15, 0.2) is 11.7 Å². The molecule has 136 valence electrons. The zero-order chi connectivity index (χ0) is 18.1. The van der Waals surface area contributed by atoms with Crippen LogP contribution in [0.5, 0.6) is 0 Å². The van der Waals surface area contributed by atoms with Crippen molar-refractivity contribution in [3.8, 4) is 11.3 Å². The zero-order valence-corrected chi connectivity index (χ0v) is 15.4. The number of aryl methyl sites for hydroxylation is 1. The summed E-state index contributed by atoms with van der Waals surface area (Å²) in [6, 6.07) is 8.31. The highest BCUT2D eigenvalue weighted by Gasteiger charge is 2.09. The molecule has 0 atom stereocenters. The molecule has 0 radical (unpaired) electrons. The number of carbonyl (C=O) groups excluding carboxylic acids is 1. The van der Waals surface area contributed by atoms with Gasteiger partial charge in [0.25, 0.3) is 0 Å². The lowest BCUT2D eigenvalue weighted by Crippen LogP contribution is -2.25. The van der Waals surface area contributed by atoms with Crippen molar-refractivity contribution in [2.24, 2.45) is 0 Å². The Bertz CT molecular complexity index is 647. The number of hydrogen-bond acceptors (Lipinski definition) is 4. The monoisotopic (exact) mass is 344 g/mol. The zero-order valence-electron chi connectivity index (χ0n) is 15.4. The molecule has 1 heterocycles. The number of amides is 1. The summed E-state index contributed by atoms with van der Waals surface area (Å²) in [5, 5.41) is 2.88. The van der Waals surface area contributed by atoms with Crippen LogP contribution in [0.15, 0.2) is 34.9 Å². The van der Waals surface area contributed by atoms with E-state index in [0.29, 0.717) is 44.4 Å². The Balaban J connectivity index is 1.78. The summed E-state index contributed by atoms with van der Waals surface area (Å²) in [6.45, 7) is 8.32. The number of oxazole rings is 1. The third kappa shape index (κ3) is 6.35. The second-order valence-corrected chi connectivity index (χ2v) is 6.30. The van der Waals surface area contributed by atoms with Gasteiger partial charge >= 0.3 is 0 Å². The van der Waals surface area contributed by atoms with Gasteiger partial charge in [-0.1, -0.05) is 38.1 Å². The van der Waals surface area contributed by atoms with Crippen molar-refractivity contribution in [1.82, 2.24) is 10.3 Å². The van der Waals surface area contributed by atoms with Gasteiger partial charge in [0.1, 0.15) is 0 Å². The van der Waals surface area contributed by atoms with Crippen LogP contribution in [0.4, 0.5) is 0 Å². The van der Waals surface area contributed by atoms with Crippen LogP contribution in [0, 0.1) is 0 Å². The van der Waals surface area contributed by atoms with Crippen LogP contribution in [0.2, 0.25) is 0 Å². The predicted octanol–water partition coefficient (Wildman–Crippen LogP) is 3.94. The molecule has 0 unspecified atom stereocenters. The van der Waals surface area contributed by atoms with Crippen LogP contribution in [-0.2, 0) is 16.0 Å². The molecule has 0 bridgehead atoms.